The first-order valence-electron chi connectivity index (χ1n) is 7.22. The number of aliphatic carboxylic acids is 1. The number of hydrogen-bond acceptors (Lipinski definition) is 4. The summed E-state index contributed by atoms with van der Waals surface area (Å²) in [4.78, 5) is 15.4. The van der Waals surface area contributed by atoms with E-state index in [0.717, 1.165) is 16.7 Å². The number of ether oxygens (including phenoxy) is 2. The van der Waals surface area contributed by atoms with E-state index in [0.29, 0.717) is 18.2 Å². The van der Waals surface area contributed by atoms with Crippen LogP contribution in [-0.2, 0) is 9.53 Å². The first-order chi connectivity index (χ1) is 10.6. The summed E-state index contributed by atoms with van der Waals surface area (Å²) in [6.45, 7) is 4.13. The van der Waals surface area contributed by atoms with Crippen LogP contribution < -0.4 is 4.74 Å². The fraction of sp³-hybridized carbons (Fsp3) is 0.294. The van der Waals surface area contributed by atoms with Crippen LogP contribution in [0.4, 0.5) is 0 Å². The second-order valence-corrected chi connectivity index (χ2v) is 5.19. The molecule has 2 unspecified atom stereocenters. The summed E-state index contributed by atoms with van der Waals surface area (Å²) in [5, 5.41) is 9.19. The third-order valence-corrected chi connectivity index (χ3v) is 3.81. The Bertz CT molecular complexity index is 714. The van der Waals surface area contributed by atoms with Crippen LogP contribution >= 0.6 is 0 Å². The largest absolute Gasteiger partial charge is 0.481 e. The first kappa shape index (κ1) is 14.5. The van der Waals surface area contributed by atoms with E-state index in [1.165, 1.54) is 0 Å². The highest BCUT2D eigenvalue weighted by molar-refractivity contribution is 5.75. The number of pyridine rings is 1. The number of carboxylic acids is 1. The van der Waals surface area contributed by atoms with Crippen molar-refractivity contribution in [2.75, 3.05) is 6.61 Å². The highest BCUT2D eigenvalue weighted by Crippen LogP contribution is 2.44. The molecule has 1 aliphatic heterocycles. The topological polar surface area (TPSA) is 68.7 Å². The van der Waals surface area contributed by atoms with Crippen molar-refractivity contribution in [3.05, 3.63) is 53.2 Å². The van der Waals surface area contributed by atoms with Crippen LogP contribution in [-0.4, -0.2) is 22.7 Å². The molecule has 0 radical (unpaired) electrons. The molecule has 0 saturated carbocycles. The van der Waals surface area contributed by atoms with Gasteiger partial charge in [0.2, 0.25) is 5.88 Å². The molecule has 1 aromatic carbocycles. The molecule has 2 heterocycles. The van der Waals surface area contributed by atoms with E-state index < -0.39 is 11.9 Å². The van der Waals surface area contributed by atoms with Crippen molar-refractivity contribution in [1.29, 1.82) is 0 Å². The Morgan fingerprint density at radius 3 is 2.95 bits per heavy atom. The SMILES string of the molecule is CCOC1c2cc(C(C)C(=O)O)ccc2Oc2ncccc21. The van der Waals surface area contributed by atoms with Gasteiger partial charge in [-0.15, -0.1) is 0 Å². The Labute approximate surface area is 128 Å². The molecule has 5 nitrogen and oxygen atoms in total. The van der Waals surface area contributed by atoms with Gasteiger partial charge in [0.1, 0.15) is 11.9 Å². The van der Waals surface area contributed by atoms with Crippen molar-refractivity contribution in [3.8, 4) is 11.6 Å². The summed E-state index contributed by atoms with van der Waals surface area (Å²) in [5.41, 5.74) is 2.43. The summed E-state index contributed by atoms with van der Waals surface area (Å²) in [7, 11) is 0. The Morgan fingerprint density at radius 2 is 2.23 bits per heavy atom. The third-order valence-electron chi connectivity index (χ3n) is 3.81. The highest BCUT2D eigenvalue weighted by atomic mass is 16.5. The minimum absolute atomic E-state index is 0.293. The van der Waals surface area contributed by atoms with Crippen molar-refractivity contribution < 1.29 is 19.4 Å². The summed E-state index contributed by atoms with van der Waals surface area (Å²) in [6.07, 6.45) is 1.38. The maximum absolute atomic E-state index is 11.2. The lowest BCUT2D eigenvalue weighted by Gasteiger charge is -2.27. The number of carboxylic acid groups (broad SMARTS) is 1. The lowest BCUT2D eigenvalue weighted by Crippen LogP contribution is -2.15. The fourth-order valence-corrected chi connectivity index (χ4v) is 2.58. The van der Waals surface area contributed by atoms with E-state index in [1.54, 1.807) is 25.3 Å². The molecule has 1 N–H and O–H groups in total. The third kappa shape index (κ3) is 2.44. The van der Waals surface area contributed by atoms with Gasteiger partial charge < -0.3 is 14.6 Å². The quantitative estimate of drug-likeness (QED) is 0.935. The fourth-order valence-electron chi connectivity index (χ4n) is 2.58. The minimum atomic E-state index is -0.855. The van der Waals surface area contributed by atoms with Gasteiger partial charge in [0, 0.05) is 23.9 Å². The molecule has 0 fully saturated rings. The Kier molecular flexibility index (Phi) is 3.81. The van der Waals surface area contributed by atoms with E-state index in [1.807, 2.05) is 25.1 Å². The van der Waals surface area contributed by atoms with Crippen LogP contribution in [0.25, 0.3) is 0 Å². The number of rotatable bonds is 4. The van der Waals surface area contributed by atoms with Crippen molar-refractivity contribution >= 4 is 5.97 Å². The smallest absolute Gasteiger partial charge is 0.310 e. The van der Waals surface area contributed by atoms with Crippen LogP contribution in [0.5, 0.6) is 11.6 Å². The Morgan fingerprint density at radius 1 is 1.41 bits per heavy atom. The summed E-state index contributed by atoms with van der Waals surface area (Å²) in [5.74, 6) is -0.243. The van der Waals surface area contributed by atoms with Gasteiger partial charge in [-0.3, -0.25) is 4.79 Å². The molecule has 2 atom stereocenters. The van der Waals surface area contributed by atoms with Gasteiger partial charge in [-0.25, -0.2) is 4.98 Å². The van der Waals surface area contributed by atoms with E-state index in [2.05, 4.69) is 4.98 Å². The molecule has 22 heavy (non-hydrogen) atoms. The maximum Gasteiger partial charge on any atom is 0.310 e. The first-order valence-corrected chi connectivity index (χ1v) is 7.22. The predicted molar refractivity (Wildman–Crippen MR) is 80.3 cm³/mol. The lowest BCUT2D eigenvalue weighted by molar-refractivity contribution is -0.138. The van der Waals surface area contributed by atoms with Gasteiger partial charge in [-0.1, -0.05) is 6.07 Å². The Hall–Kier alpha value is -2.40. The average Bonchev–Trinajstić information content (AvgIpc) is 2.53. The molecule has 114 valence electrons. The minimum Gasteiger partial charge on any atom is -0.481 e. The van der Waals surface area contributed by atoms with Crippen molar-refractivity contribution in [1.82, 2.24) is 4.98 Å². The molecule has 5 heteroatoms. The van der Waals surface area contributed by atoms with Crippen molar-refractivity contribution in [3.63, 3.8) is 0 Å². The Balaban J connectivity index is 2.08. The van der Waals surface area contributed by atoms with Crippen LogP contribution in [0.3, 0.4) is 0 Å². The summed E-state index contributed by atoms with van der Waals surface area (Å²) < 4.78 is 11.7. The van der Waals surface area contributed by atoms with E-state index in [4.69, 9.17) is 9.47 Å². The number of hydrogen-bond donors (Lipinski definition) is 1. The van der Waals surface area contributed by atoms with Gasteiger partial charge >= 0.3 is 5.97 Å². The van der Waals surface area contributed by atoms with Crippen LogP contribution in [0, 0.1) is 0 Å². The maximum atomic E-state index is 11.2. The summed E-state index contributed by atoms with van der Waals surface area (Å²) in [6, 6.07) is 9.16. The standard InChI is InChI=1S/C17H17NO4/c1-3-21-15-12-5-4-8-18-16(12)22-14-7-6-11(9-13(14)15)10(2)17(19)20/h4-10,15H,3H2,1-2H3,(H,19,20). The molecule has 0 bridgehead atoms. The zero-order valence-electron chi connectivity index (χ0n) is 12.4. The predicted octanol–water partition coefficient (Wildman–Crippen LogP) is 3.50. The van der Waals surface area contributed by atoms with Crippen molar-refractivity contribution in [2.45, 2.75) is 25.9 Å². The number of aromatic nitrogens is 1. The van der Waals surface area contributed by atoms with Gasteiger partial charge in [-0.05, 0) is 43.7 Å². The number of nitrogens with zero attached hydrogens (tertiary/aromatic N) is 1. The normalized spacial score (nSPS) is 17.1. The molecule has 2 aromatic rings. The summed E-state index contributed by atoms with van der Waals surface area (Å²) >= 11 is 0. The molecular formula is C17H17NO4. The van der Waals surface area contributed by atoms with Gasteiger partial charge in [0.05, 0.1) is 5.92 Å². The number of benzene rings is 1. The zero-order chi connectivity index (χ0) is 15.7. The number of carbonyl (C=O) groups is 1. The van der Waals surface area contributed by atoms with Gasteiger partial charge in [0.25, 0.3) is 0 Å². The molecule has 1 aromatic heterocycles. The highest BCUT2D eigenvalue weighted by Gasteiger charge is 2.29. The second-order valence-electron chi connectivity index (χ2n) is 5.19. The van der Waals surface area contributed by atoms with Gasteiger partial charge in [-0.2, -0.15) is 0 Å². The van der Waals surface area contributed by atoms with Crippen molar-refractivity contribution in [2.24, 2.45) is 0 Å². The molecule has 0 spiro atoms. The van der Waals surface area contributed by atoms with Crippen LogP contribution in [0.15, 0.2) is 36.5 Å². The molecule has 0 saturated heterocycles. The van der Waals surface area contributed by atoms with Crippen LogP contribution in [0.1, 0.15) is 42.6 Å². The van der Waals surface area contributed by atoms with Crippen LogP contribution in [0.2, 0.25) is 0 Å². The second kappa shape index (κ2) is 5.77. The van der Waals surface area contributed by atoms with E-state index in [9.17, 15) is 9.90 Å². The monoisotopic (exact) mass is 299 g/mol. The van der Waals surface area contributed by atoms with Gasteiger partial charge in [0.15, 0.2) is 0 Å². The average molecular weight is 299 g/mol. The molecule has 0 amide bonds. The zero-order valence-corrected chi connectivity index (χ0v) is 12.4. The molecule has 0 aliphatic carbocycles. The number of fused-ring (bicyclic) bond motifs is 2. The van der Waals surface area contributed by atoms with E-state index in [-0.39, 0.29) is 6.10 Å². The molecular weight excluding hydrogens is 282 g/mol. The molecule has 3 rings (SSSR count). The molecule has 1 aliphatic rings. The lowest BCUT2D eigenvalue weighted by atomic mass is 9.93. The van der Waals surface area contributed by atoms with E-state index >= 15 is 0 Å².